The number of rotatable bonds is 10. The van der Waals surface area contributed by atoms with Crippen molar-refractivity contribution >= 4 is 0 Å². The van der Waals surface area contributed by atoms with Crippen LogP contribution in [0, 0.1) is 19.8 Å². The average molecular weight is 281 g/mol. The molecule has 0 atom stereocenters. The molecule has 0 aliphatic carbocycles. The van der Waals surface area contributed by atoms with E-state index in [1.807, 2.05) is 0 Å². The van der Waals surface area contributed by atoms with E-state index in [0.29, 0.717) is 5.92 Å². The minimum Gasteiger partial charge on any atom is -0.380 e. The average Bonchev–Trinajstić information content (AvgIpc) is 2.66. The minimum atomic E-state index is 0.704. The Bertz CT molecular complexity index is 385. The molecule has 1 N–H and O–H groups in total. The molecular weight excluding hydrogens is 250 g/mol. The first-order valence-electron chi connectivity index (χ1n) is 7.87. The number of hydrogen-bond donors (Lipinski definition) is 1. The molecule has 0 saturated heterocycles. The molecule has 1 aromatic heterocycles. The summed E-state index contributed by atoms with van der Waals surface area (Å²) in [5.41, 5.74) is 3.83. The van der Waals surface area contributed by atoms with E-state index in [2.05, 4.69) is 49.7 Å². The lowest BCUT2D eigenvalue weighted by atomic mass is 10.1. The second-order valence-corrected chi connectivity index (χ2v) is 5.83. The SMILES string of the molecule is CCCOCCn1nc(C)c(CCNCC(C)C)c1C. The van der Waals surface area contributed by atoms with Crippen LogP contribution < -0.4 is 5.32 Å². The van der Waals surface area contributed by atoms with Crippen LogP contribution in [0.4, 0.5) is 0 Å². The summed E-state index contributed by atoms with van der Waals surface area (Å²) in [7, 11) is 0. The lowest BCUT2D eigenvalue weighted by molar-refractivity contribution is 0.124. The molecule has 1 heterocycles. The van der Waals surface area contributed by atoms with Gasteiger partial charge in [0.15, 0.2) is 0 Å². The maximum Gasteiger partial charge on any atom is 0.0662 e. The smallest absolute Gasteiger partial charge is 0.0662 e. The standard InChI is InChI=1S/C16H31N3O/c1-6-10-20-11-9-19-15(5)16(14(4)18-19)7-8-17-12-13(2)3/h13,17H,6-12H2,1-5H3. The van der Waals surface area contributed by atoms with E-state index in [1.54, 1.807) is 0 Å². The summed E-state index contributed by atoms with van der Waals surface area (Å²) < 4.78 is 7.63. The Labute approximate surface area is 123 Å². The zero-order chi connectivity index (χ0) is 15.0. The van der Waals surface area contributed by atoms with Crippen LogP contribution in [0.25, 0.3) is 0 Å². The predicted octanol–water partition coefficient (Wildman–Crippen LogP) is 2.71. The van der Waals surface area contributed by atoms with Crippen LogP contribution in [-0.2, 0) is 17.7 Å². The fourth-order valence-electron chi connectivity index (χ4n) is 2.32. The Morgan fingerprint density at radius 3 is 2.65 bits per heavy atom. The lowest BCUT2D eigenvalue weighted by Gasteiger charge is -2.08. The van der Waals surface area contributed by atoms with Crippen LogP contribution in [0.15, 0.2) is 0 Å². The molecule has 0 aromatic carbocycles. The van der Waals surface area contributed by atoms with Gasteiger partial charge in [-0.2, -0.15) is 5.10 Å². The fraction of sp³-hybridized carbons (Fsp3) is 0.812. The molecule has 116 valence electrons. The lowest BCUT2D eigenvalue weighted by Crippen LogP contribution is -2.22. The molecule has 0 unspecified atom stereocenters. The van der Waals surface area contributed by atoms with Crippen molar-refractivity contribution in [3.05, 3.63) is 17.0 Å². The first kappa shape index (κ1) is 17.2. The van der Waals surface area contributed by atoms with Gasteiger partial charge in [0.25, 0.3) is 0 Å². The topological polar surface area (TPSA) is 39.1 Å². The van der Waals surface area contributed by atoms with Crippen LogP contribution in [-0.4, -0.2) is 36.1 Å². The predicted molar refractivity (Wildman–Crippen MR) is 84.2 cm³/mol. The Morgan fingerprint density at radius 1 is 1.25 bits per heavy atom. The van der Waals surface area contributed by atoms with Crippen molar-refractivity contribution in [2.75, 3.05) is 26.3 Å². The first-order chi connectivity index (χ1) is 9.56. The van der Waals surface area contributed by atoms with Gasteiger partial charge in [-0.1, -0.05) is 20.8 Å². The number of nitrogens with one attached hydrogen (secondary N) is 1. The number of hydrogen-bond acceptors (Lipinski definition) is 3. The van der Waals surface area contributed by atoms with Gasteiger partial charge in [0, 0.05) is 12.3 Å². The Morgan fingerprint density at radius 2 is 2.00 bits per heavy atom. The van der Waals surface area contributed by atoms with Gasteiger partial charge in [0.1, 0.15) is 0 Å². The molecule has 0 fully saturated rings. The highest BCUT2D eigenvalue weighted by molar-refractivity contribution is 5.24. The van der Waals surface area contributed by atoms with Crippen LogP contribution in [0.5, 0.6) is 0 Å². The van der Waals surface area contributed by atoms with Crippen molar-refractivity contribution in [2.24, 2.45) is 5.92 Å². The summed E-state index contributed by atoms with van der Waals surface area (Å²) in [6.45, 7) is 15.4. The van der Waals surface area contributed by atoms with Crippen LogP contribution in [0.2, 0.25) is 0 Å². The van der Waals surface area contributed by atoms with E-state index in [0.717, 1.165) is 51.4 Å². The molecule has 0 bridgehead atoms. The highest BCUT2D eigenvalue weighted by atomic mass is 16.5. The summed E-state index contributed by atoms with van der Waals surface area (Å²) in [4.78, 5) is 0. The fourth-order valence-corrected chi connectivity index (χ4v) is 2.32. The third-order valence-corrected chi connectivity index (χ3v) is 3.43. The van der Waals surface area contributed by atoms with E-state index in [9.17, 15) is 0 Å². The van der Waals surface area contributed by atoms with Crippen molar-refractivity contribution in [1.82, 2.24) is 15.1 Å². The molecule has 20 heavy (non-hydrogen) atoms. The normalized spacial score (nSPS) is 11.5. The molecule has 0 spiro atoms. The third-order valence-electron chi connectivity index (χ3n) is 3.43. The summed E-state index contributed by atoms with van der Waals surface area (Å²) in [6.07, 6.45) is 2.13. The number of aromatic nitrogens is 2. The van der Waals surface area contributed by atoms with E-state index in [-0.39, 0.29) is 0 Å². The summed E-state index contributed by atoms with van der Waals surface area (Å²) in [5, 5.41) is 8.13. The molecule has 0 aliphatic rings. The molecule has 0 radical (unpaired) electrons. The van der Waals surface area contributed by atoms with Crippen LogP contribution in [0.3, 0.4) is 0 Å². The number of nitrogens with zero attached hydrogens (tertiary/aromatic N) is 2. The van der Waals surface area contributed by atoms with Gasteiger partial charge in [-0.05, 0) is 51.3 Å². The minimum absolute atomic E-state index is 0.704. The van der Waals surface area contributed by atoms with Crippen molar-refractivity contribution in [3.63, 3.8) is 0 Å². The molecule has 1 aromatic rings. The van der Waals surface area contributed by atoms with E-state index >= 15 is 0 Å². The Hall–Kier alpha value is -0.870. The van der Waals surface area contributed by atoms with Gasteiger partial charge in [0.2, 0.25) is 0 Å². The largest absolute Gasteiger partial charge is 0.380 e. The molecule has 0 aliphatic heterocycles. The van der Waals surface area contributed by atoms with Crippen molar-refractivity contribution < 1.29 is 4.74 Å². The zero-order valence-corrected chi connectivity index (χ0v) is 13.8. The molecule has 0 saturated carbocycles. The van der Waals surface area contributed by atoms with Crippen molar-refractivity contribution in [1.29, 1.82) is 0 Å². The van der Waals surface area contributed by atoms with E-state index in [1.165, 1.54) is 11.3 Å². The van der Waals surface area contributed by atoms with E-state index in [4.69, 9.17) is 4.74 Å². The monoisotopic (exact) mass is 281 g/mol. The van der Waals surface area contributed by atoms with Gasteiger partial charge >= 0.3 is 0 Å². The maximum atomic E-state index is 5.54. The van der Waals surface area contributed by atoms with Gasteiger partial charge in [-0.15, -0.1) is 0 Å². The highest BCUT2D eigenvalue weighted by Crippen LogP contribution is 2.13. The molecule has 4 heteroatoms. The Balaban J connectivity index is 2.44. The summed E-state index contributed by atoms with van der Waals surface area (Å²) in [5.74, 6) is 0.704. The van der Waals surface area contributed by atoms with Crippen LogP contribution in [0.1, 0.15) is 44.1 Å². The zero-order valence-electron chi connectivity index (χ0n) is 13.8. The second kappa shape index (κ2) is 9.14. The van der Waals surface area contributed by atoms with Gasteiger partial charge in [-0.3, -0.25) is 4.68 Å². The van der Waals surface area contributed by atoms with E-state index < -0.39 is 0 Å². The van der Waals surface area contributed by atoms with Gasteiger partial charge < -0.3 is 10.1 Å². The second-order valence-electron chi connectivity index (χ2n) is 5.83. The van der Waals surface area contributed by atoms with Gasteiger partial charge in [0.05, 0.1) is 18.8 Å². The molecular formula is C16H31N3O. The molecule has 0 amide bonds. The summed E-state index contributed by atoms with van der Waals surface area (Å²) in [6, 6.07) is 0. The number of ether oxygens (including phenoxy) is 1. The molecule has 4 nitrogen and oxygen atoms in total. The highest BCUT2D eigenvalue weighted by Gasteiger charge is 2.10. The third kappa shape index (κ3) is 5.63. The summed E-state index contributed by atoms with van der Waals surface area (Å²) >= 11 is 0. The maximum absolute atomic E-state index is 5.54. The van der Waals surface area contributed by atoms with Crippen molar-refractivity contribution in [3.8, 4) is 0 Å². The first-order valence-corrected chi connectivity index (χ1v) is 7.87. The van der Waals surface area contributed by atoms with Crippen LogP contribution >= 0.6 is 0 Å². The molecule has 1 rings (SSSR count). The van der Waals surface area contributed by atoms with Crippen molar-refractivity contribution in [2.45, 2.75) is 54.0 Å². The number of aryl methyl sites for hydroxylation is 1. The quantitative estimate of drug-likeness (QED) is 0.670. The van der Waals surface area contributed by atoms with Gasteiger partial charge in [-0.25, -0.2) is 0 Å². The Kier molecular flexibility index (Phi) is 7.85.